The molecule has 0 saturated heterocycles. The number of amides is 1. The average molecular weight is 603 g/mol. The van der Waals surface area contributed by atoms with Gasteiger partial charge in [0.15, 0.2) is 0 Å². The van der Waals surface area contributed by atoms with Crippen molar-refractivity contribution in [2.45, 2.75) is 75.9 Å². The summed E-state index contributed by atoms with van der Waals surface area (Å²) in [5.74, 6) is 1.11. The highest BCUT2D eigenvalue weighted by atomic mass is 35.5. The van der Waals surface area contributed by atoms with E-state index in [1.807, 2.05) is 0 Å². The van der Waals surface area contributed by atoms with Gasteiger partial charge in [0, 0.05) is 52.5 Å². The average Bonchev–Trinajstić information content (AvgIpc) is 3.91. The number of anilines is 1. The van der Waals surface area contributed by atoms with Crippen LogP contribution in [0, 0.1) is 11.7 Å². The molecule has 3 aliphatic carbocycles. The minimum atomic E-state index is -0.496. The van der Waals surface area contributed by atoms with Crippen LogP contribution in [0.4, 0.5) is 10.1 Å². The van der Waals surface area contributed by atoms with Crippen molar-refractivity contribution in [1.82, 2.24) is 10.3 Å². The third-order valence-corrected chi connectivity index (χ3v) is 9.34. The topological polar surface area (TPSA) is 98.8 Å². The van der Waals surface area contributed by atoms with Gasteiger partial charge in [0.05, 0.1) is 29.5 Å². The first-order chi connectivity index (χ1) is 20.8. The normalized spacial score (nSPS) is 20.4. The van der Waals surface area contributed by atoms with Gasteiger partial charge in [-0.05, 0) is 74.8 Å². The lowest BCUT2D eigenvalue weighted by atomic mass is 9.74. The molecule has 1 amide bonds. The number of carbonyl (C=O) groups is 1. The largest absolute Gasteiger partial charge is 0.490 e. The molecule has 3 saturated carbocycles. The van der Waals surface area contributed by atoms with Gasteiger partial charge >= 0.3 is 0 Å². The van der Waals surface area contributed by atoms with Crippen molar-refractivity contribution in [2.24, 2.45) is 10.9 Å². The number of fused-ring (bicyclic) bond motifs is 1. The number of pyridine rings is 1. The van der Waals surface area contributed by atoms with Crippen LogP contribution in [0.5, 0.6) is 11.5 Å². The molecule has 2 atom stereocenters. The summed E-state index contributed by atoms with van der Waals surface area (Å²) in [4.78, 5) is 23.3. The summed E-state index contributed by atoms with van der Waals surface area (Å²) in [5, 5.41) is 3.26. The predicted molar refractivity (Wildman–Crippen MR) is 166 cm³/mol. The Kier molecular flexibility index (Phi) is 7.49. The second-order valence-electron chi connectivity index (χ2n) is 12.5. The van der Waals surface area contributed by atoms with Gasteiger partial charge in [-0.25, -0.2) is 9.37 Å². The summed E-state index contributed by atoms with van der Waals surface area (Å²) >= 11 is 5.98. The highest BCUT2D eigenvalue weighted by molar-refractivity contribution is 6.30. The van der Waals surface area contributed by atoms with Crippen molar-refractivity contribution in [2.75, 3.05) is 18.9 Å². The maximum atomic E-state index is 14.5. The zero-order valence-electron chi connectivity index (χ0n) is 24.2. The van der Waals surface area contributed by atoms with E-state index in [9.17, 15) is 9.18 Å². The van der Waals surface area contributed by atoms with Crippen LogP contribution < -0.4 is 20.5 Å². The number of nitrogens with zero attached hydrogens (tertiary/aromatic N) is 2. The van der Waals surface area contributed by atoms with Crippen LogP contribution in [0.25, 0.3) is 11.3 Å². The fraction of sp³-hybridized carbons (Fsp3) is 0.441. The van der Waals surface area contributed by atoms with E-state index in [0.29, 0.717) is 64.7 Å². The van der Waals surface area contributed by atoms with E-state index in [4.69, 9.17) is 31.8 Å². The zero-order chi connectivity index (χ0) is 29.7. The third kappa shape index (κ3) is 5.94. The molecule has 1 aliphatic heterocycles. The summed E-state index contributed by atoms with van der Waals surface area (Å²) in [5.41, 5.74) is 11.3. The van der Waals surface area contributed by atoms with Crippen LogP contribution in [0.3, 0.4) is 0 Å². The van der Waals surface area contributed by atoms with Crippen molar-refractivity contribution in [1.29, 1.82) is 0 Å². The molecule has 7 rings (SSSR count). The third-order valence-electron chi connectivity index (χ3n) is 9.03. The quantitative estimate of drug-likeness (QED) is 0.191. The van der Waals surface area contributed by atoms with Crippen LogP contribution in [-0.2, 0) is 0 Å². The van der Waals surface area contributed by atoms with Gasteiger partial charge in [-0.15, -0.1) is 0 Å². The van der Waals surface area contributed by atoms with Crippen molar-refractivity contribution in [3.63, 3.8) is 0 Å². The molecule has 43 heavy (non-hydrogen) atoms. The lowest BCUT2D eigenvalue weighted by molar-refractivity contribution is 0.0943. The van der Waals surface area contributed by atoms with Gasteiger partial charge in [-0.1, -0.05) is 31.0 Å². The summed E-state index contributed by atoms with van der Waals surface area (Å²) in [7, 11) is 0. The second kappa shape index (κ2) is 11.5. The van der Waals surface area contributed by atoms with Gasteiger partial charge in [0.1, 0.15) is 23.0 Å². The lowest BCUT2D eigenvalue weighted by Gasteiger charge is -2.34. The van der Waals surface area contributed by atoms with E-state index in [1.54, 1.807) is 30.5 Å². The molecule has 224 valence electrons. The Labute approximate surface area is 256 Å². The van der Waals surface area contributed by atoms with Crippen LogP contribution in [-0.4, -0.2) is 42.4 Å². The molecule has 0 radical (unpaired) electrons. The SMILES string of the molecule is CC1COc2c1cc(C(CNC(=O)c1cc(C=NC3CC3)c(N)c(OC3CC3)c1)C1CCC1)nc2-c1ccc(Cl)c(F)c1. The van der Waals surface area contributed by atoms with Crippen molar-refractivity contribution >= 4 is 29.4 Å². The standard InChI is InChI=1S/C34H36ClFN4O3/c1-18-17-42-33-25(18)14-29(40-32(33)20-5-10-27(35)28(36)12-20)26(19-3-2-4-19)16-39-34(41)21-11-22(15-38-23-6-7-23)31(37)30(13-21)43-24-8-9-24/h5,10-15,18-19,23-24,26H,2-4,6-9,16-17,37H2,1H3,(H,39,41). The minimum absolute atomic E-state index is 0.00133. The highest BCUT2D eigenvalue weighted by Gasteiger charge is 2.34. The van der Waals surface area contributed by atoms with Crippen molar-refractivity contribution in [3.05, 3.63) is 69.6 Å². The molecule has 4 aliphatic rings. The van der Waals surface area contributed by atoms with E-state index in [0.717, 1.165) is 56.2 Å². The molecule has 3 aromatic rings. The number of rotatable bonds is 10. The Morgan fingerprint density at radius 3 is 2.72 bits per heavy atom. The first-order valence-electron chi connectivity index (χ1n) is 15.4. The number of ether oxygens (including phenoxy) is 2. The van der Waals surface area contributed by atoms with Crippen LogP contribution in [0.1, 0.15) is 90.9 Å². The second-order valence-corrected chi connectivity index (χ2v) is 12.9. The van der Waals surface area contributed by atoms with E-state index in [-0.39, 0.29) is 28.9 Å². The number of nitrogens with two attached hydrogens (primary N) is 1. The zero-order valence-corrected chi connectivity index (χ0v) is 25.0. The Bertz CT molecular complexity index is 1600. The van der Waals surface area contributed by atoms with Crippen LogP contribution >= 0.6 is 11.6 Å². The highest BCUT2D eigenvalue weighted by Crippen LogP contribution is 2.45. The number of aromatic nitrogens is 1. The first kappa shape index (κ1) is 28.1. The number of halogens is 2. The summed E-state index contributed by atoms with van der Waals surface area (Å²) in [6.45, 7) is 3.09. The Morgan fingerprint density at radius 1 is 1.21 bits per heavy atom. The maximum absolute atomic E-state index is 14.5. The summed E-state index contributed by atoms with van der Waals surface area (Å²) < 4.78 is 26.6. The van der Waals surface area contributed by atoms with E-state index >= 15 is 0 Å². The Balaban J connectivity index is 1.18. The van der Waals surface area contributed by atoms with E-state index < -0.39 is 5.82 Å². The molecule has 1 aromatic heterocycles. The molecule has 7 nitrogen and oxygen atoms in total. The lowest BCUT2D eigenvalue weighted by Crippen LogP contribution is -2.34. The molecular formula is C34H36ClFN4O3. The number of carbonyl (C=O) groups excluding carboxylic acids is 1. The van der Waals surface area contributed by atoms with Gasteiger partial charge in [-0.3, -0.25) is 9.79 Å². The first-order valence-corrected chi connectivity index (χ1v) is 15.8. The molecular weight excluding hydrogens is 567 g/mol. The fourth-order valence-electron chi connectivity index (χ4n) is 5.84. The van der Waals surface area contributed by atoms with Gasteiger partial charge in [-0.2, -0.15) is 0 Å². The van der Waals surface area contributed by atoms with Crippen LogP contribution in [0.2, 0.25) is 5.02 Å². The maximum Gasteiger partial charge on any atom is 0.251 e. The van der Waals surface area contributed by atoms with E-state index in [2.05, 4.69) is 23.3 Å². The van der Waals surface area contributed by atoms with E-state index in [1.165, 1.54) is 6.07 Å². The molecule has 2 unspecified atom stereocenters. The van der Waals surface area contributed by atoms with Crippen molar-refractivity contribution < 1.29 is 18.7 Å². The van der Waals surface area contributed by atoms with Gasteiger partial charge in [0.25, 0.3) is 5.91 Å². The molecule has 9 heteroatoms. The van der Waals surface area contributed by atoms with Gasteiger partial charge < -0.3 is 20.5 Å². The fourth-order valence-corrected chi connectivity index (χ4v) is 5.95. The number of benzene rings is 2. The molecule has 0 spiro atoms. The Morgan fingerprint density at radius 2 is 2.02 bits per heavy atom. The van der Waals surface area contributed by atoms with Crippen LogP contribution in [0.15, 0.2) is 41.4 Å². The monoisotopic (exact) mass is 602 g/mol. The molecule has 3 N–H and O–H groups in total. The minimum Gasteiger partial charge on any atom is -0.490 e. The molecule has 2 aromatic carbocycles. The smallest absolute Gasteiger partial charge is 0.251 e. The molecule has 0 bridgehead atoms. The predicted octanol–water partition coefficient (Wildman–Crippen LogP) is 7.06. The molecule has 2 heterocycles. The molecule has 3 fully saturated rings. The number of hydrogen-bond acceptors (Lipinski definition) is 6. The Hall–Kier alpha value is -3.65. The summed E-state index contributed by atoms with van der Waals surface area (Å²) in [6, 6.07) is 10.7. The van der Waals surface area contributed by atoms with Gasteiger partial charge in [0.2, 0.25) is 0 Å². The number of nitrogens with one attached hydrogen (secondary N) is 1. The number of nitrogen functional groups attached to an aromatic ring is 1. The van der Waals surface area contributed by atoms with Crippen molar-refractivity contribution in [3.8, 4) is 22.8 Å². The number of aliphatic imine (C=N–C) groups is 1. The number of hydrogen-bond donors (Lipinski definition) is 2. The summed E-state index contributed by atoms with van der Waals surface area (Å²) in [6.07, 6.45) is 9.37.